The number of hydrogen-bond donors (Lipinski definition) is 1. The molecule has 1 N–H and O–H groups in total. The lowest BCUT2D eigenvalue weighted by molar-refractivity contribution is -0.384. The highest BCUT2D eigenvalue weighted by atomic mass is 16.6. The van der Waals surface area contributed by atoms with Crippen LogP contribution in [0, 0.1) is 10.1 Å². The molecule has 1 saturated heterocycles. The Balaban J connectivity index is 1.83. The van der Waals surface area contributed by atoms with Gasteiger partial charge in [-0.3, -0.25) is 14.9 Å². The molecule has 0 aliphatic carbocycles. The molecule has 1 atom stereocenters. The van der Waals surface area contributed by atoms with Gasteiger partial charge >= 0.3 is 0 Å². The zero-order chi connectivity index (χ0) is 17.4. The number of nitro groups is 1. The Kier molecular flexibility index (Phi) is 3.76. The van der Waals surface area contributed by atoms with Crippen molar-refractivity contribution >= 4 is 17.3 Å². The van der Waals surface area contributed by atoms with E-state index in [1.807, 2.05) is 4.90 Å². The van der Waals surface area contributed by atoms with Gasteiger partial charge in [0.2, 0.25) is 0 Å². The number of non-ortho nitro benzene ring substituents is 1. The van der Waals surface area contributed by atoms with Crippen molar-refractivity contribution in [1.29, 1.82) is 0 Å². The number of nitro benzene ring substituents is 1. The zero-order valence-corrected chi connectivity index (χ0v) is 13.5. The van der Waals surface area contributed by atoms with Crippen LogP contribution in [-0.2, 0) is 0 Å². The second kappa shape index (κ2) is 6.08. The van der Waals surface area contributed by atoms with Crippen LogP contribution in [0.2, 0.25) is 0 Å². The highest BCUT2D eigenvalue weighted by Crippen LogP contribution is 2.36. The van der Waals surface area contributed by atoms with Crippen molar-refractivity contribution < 1.29 is 14.5 Å². The third kappa shape index (κ3) is 2.77. The van der Waals surface area contributed by atoms with Gasteiger partial charge in [-0.05, 0) is 31.0 Å². The van der Waals surface area contributed by atoms with Gasteiger partial charge in [-0.15, -0.1) is 0 Å². The van der Waals surface area contributed by atoms with E-state index in [0.29, 0.717) is 29.3 Å². The van der Waals surface area contributed by atoms with Gasteiger partial charge in [-0.2, -0.15) is 0 Å². The molecule has 4 rings (SSSR count). The summed E-state index contributed by atoms with van der Waals surface area (Å²) in [5, 5.41) is 14.4. The molecule has 2 aliphatic rings. The molecule has 2 aromatic carbocycles. The first-order chi connectivity index (χ1) is 12.1. The molecule has 25 heavy (non-hydrogen) atoms. The number of carbonyl (C=O) groups is 1. The number of nitrogens with one attached hydrogen (secondary N) is 1. The second-order valence-corrected chi connectivity index (χ2v) is 6.21. The number of para-hydroxylation sites is 1. The fraction of sp³-hybridized carbons (Fsp3) is 0.278. The van der Waals surface area contributed by atoms with Crippen molar-refractivity contribution in [3.05, 3.63) is 58.1 Å². The molecular formula is C18H17N3O4. The van der Waals surface area contributed by atoms with E-state index in [-0.39, 0.29) is 17.6 Å². The summed E-state index contributed by atoms with van der Waals surface area (Å²) in [4.78, 5) is 25.4. The summed E-state index contributed by atoms with van der Waals surface area (Å²) in [7, 11) is 0. The van der Waals surface area contributed by atoms with E-state index in [9.17, 15) is 14.9 Å². The maximum Gasteiger partial charge on any atom is 0.273 e. The van der Waals surface area contributed by atoms with Crippen LogP contribution in [0.25, 0.3) is 0 Å². The first-order valence-electron chi connectivity index (χ1n) is 8.23. The molecule has 0 aromatic heterocycles. The minimum Gasteiger partial charge on any atom is -0.454 e. The third-order valence-electron chi connectivity index (χ3n) is 4.68. The van der Waals surface area contributed by atoms with Crippen LogP contribution in [0.4, 0.5) is 11.4 Å². The van der Waals surface area contributed by atoms with Crippen LogP contribution in [0.1, 0.15) is 23.2 Å². The van der Waals surface area contributed by atoms with Crippen molar-refractivity contribution in [3.63, 3.8) is 0 Å². The summed E-state index contributed by atoms with van der Waals surface area (Å²) in [5.41, 5.74) is 1.11. The molecular weight excluding hydrogens is 322 g/mol. The summed E-state index contributed by atoms with van der Waals surface area (Å²) < 4.78 is 5.91. The summed E-state index contributed by atoms with van der Waals surface area (Å²) in [6.07, 6.45) is 1.90. The van der Waals surface area contributed by atoms with E-state index >= 15 is 0 Å². The highest BCUT2D eigenvalue weighted by molar-refractivity contribution is 5.97. The molecule has 2 aromatic rings. The van der Waals surface area contributed by atoms with Gasteiger partial charge in [0.25, 0.3) is 11.6 Å². The predicted molar refractivity (Wildman–Crippen MR) is 92.2 cm³/mol. The van der Waals surface area contributed by atoms with Gasteiger partial charge in [0.1, 0.15) is 5.75 Å². The van der Waals surface area contributed by atoms with E-state index in [0.717, 1.165) is 19.4 Å². The molecule has 2 heterocycles. The molecule has 7 nitrogen and oxygen atoms in total. The fourth-order valence-corrected chi connectivity index (χ4v) is 3.40. The zero-order valence-electron chi connectivity index (χ0n) is 13.5. The SMILES string of the molecule is O=C1c2ccccc2Oc2cc([N+](=O)[O-])ccc2NCC2CCCN12. The standard InChI is InChI=1S/C18H17N3O4/c22-18-14-5-1-2-6-16(14)25-17-10-12(21(23)24)7-8-15(17)19-11-13-4-3-9-20(13)18/h1-2,5-8,10,13,19H,3-4,9,11H2. The Hall–Kier alpha value is -3.09. The maximum absolute atomic E-state index is 12.9. The monoisotopic (exact) mass is 339 g/mol. The Bertz CT molecular complexity index is 852. The lowest BCUT2D eigenvalue weighted by atomic mass is 10.1. The number of amides is 1. The largest absolute Gasteiger partial charge is 0.454 e. The van der Waals surface area contributed by atoms with Gasteiger partial charge in [-0.1, -0.05) is 12.1 Å². The molecule has 0 saturated carbocycles. The number of fused-ring (bicyclic) bond motifs is 3. The minimum absolute atomic E-state index is 0.0519. The number of carbonyl (C=O) groups excluding carboxylic acids is 1. The molecule has 7 heteroatoms. The van der Waals surface area contributed by atoms with Gasteiger partial charge in [0.05, 0.1) is 22.2 Å². The molecule has 0 bridgehead atoms. The number of benzene rings is 2. The Morgan fingerprint density at radius 2 is 2.04 bits per heavy atom. The number of nitrogens with zero attached hydrogens (tertiary/aromatic N) is 2. The molecule has 128 valence electrons. The number of hydrogen-bond acceptors (Lipinski definition) is 5. The molecule has 0 radical (unpaired) electrons. The quantitative estimate of drug-likeness (QED) is 0.636. The van der Waals surface area contributed by atoms with E-state index in [2.05, 4.69) is 5.32 Å². The summed E-state index contributed by atoms with van der Waals surface area (Å²) >= 11 is 0. The lowest BCUT2D eigenvalue weighted by Crippen LogP contribution is -2.40. The molecule has 1 fully saturated rings. The maximum atomic E-state index is 12.9. The van der Waals surface area contributed by atoms with Crippen molar-refractivity contribution in [2.45, 2.75) is 18.9 Å². The third-order valence-corrected chi connectivity index (χ3v) is 4.68. The van der Waals surface area contributed by atoms with E-state index in [1.165, 1.54) is 12.1 Å². The topological polar surface area (TPSA) is 84.7 Å². The van der Waals surface area contributed by atoms with Crippen LogP contribution in [0.5, 0.6) is 11.5 Å². The van der Waals surface area contributed by atoms with Crippen molar-refractivity contribution in [2.24, 2.45) is 0 Å². The van der Waals surface area contributed by atoms with Crippen LogP contribution in [0.3, 0.4) is 0 Å². The number of ether oxygens (including phenoxy) is 1. The Morgan fingerprint density at radius 3 is 2.88 bits per heavy atom. The van der Waals surface area contributed by atoms with Crippen LogP contribution < -0.4 is 10.1 Å². The smallest absolute Gasteiger partial charge is 0.273 e. The minimum atomic E-state index is -0.460. The van der Waals surface area contributed by atoms with Crippen LogP contribution >= 0.6 is 0 Å². The van der Waals surface area contributed by atoms with Gasteiger partial charge in [0, 0.05) is 25.2 Å². The highest BCUT2D eigenvalue weighted by Gasteiger charge is 2.32. The van der Waals surface area contributed by atoms with E-state index in [4.69, 9.17) is 4.74 Å². The lowest BCUT2D eigenvalue weighted by Gasteiger charge is -2.28. The average Bonchev–Trinajstić information content (AvgIpc) is 3.08. The first-order valence-corrected chi connectivity index (χ1v) is 8.23. The summed E-state index contributed by atoms with van der Waals surface area (Å²) in [6.45, 7) is 1.31. The summed E-state index contributed by atoms with van der Waals surface area (Å²) in [6, 6.07) is 11.6. The molecule has 2 aliphatic heterocycles. The predicted octanol–water partition coefficient (Wildman–Crippen LogP) is 3.42. The first kappa shape index (κ1) is 15.4. The Morgan fingerprint density at radius 1 is 1.20 bits per heavy atom. The molecule has 0 spiro atoms. The van der Waals surface area contributed by atoms with Crippen LogP contribution in [-0.4, -0.2) is 34.9 Å². The van der Waals surface area contributed by atoms with E-state index < -0.39 is 4.92 Å². The fourth-order valence-electron chi connectivity index (χ4n) is 3.40. The number of rotatable bonds is 1. The number of anilines is 1. The normalized spacial score (nSPS) is 19.1. The van der Waals surface area contributed by atoms with Gasteiger partial charge in [-0.25, -0.2) is 0 Å². The molecule has 1 amide bonds. The Labute approximate surface area is 144 Å². The second-order valence-electron chi connectivity index (χ2n) is 6.21. The van der Waals surface area contributed by atoms with Crippen molar-refractivity contribution in [2.75, 3.05) is 18.4 Å². The van der Waals surface area contributed by atoms with Crippen LogP contribution in [0.15, 0.2) is 42.5 Å². The van der Waals surface area contributed by atoms with Crippen molar-refractivity contribution in [1.82, 2.24) is 4.90 Å². The van der Waals surface area contributed by atoms with Gasteiger partial charge in [0.15, 0.2) is 5.75 Å². The van der Waals surface area contributed by atoms with Gasteiger partial charge < -0.3 is 15.0 Å². The van der Waals surface area contributed by atoms with Crippen molar-refractivity contribution in [3.8, 4) is 11.5 Å². The summed E-state index contributed by atoms with van der Waals surface area (Å²) in [5.74, 6) is 0.693. The average molecular weight is 339 g/mol. The molecule has 1 unspecified atom stereocenters. The van der Waals surface area contributed by atoms with E-state index in [1.54, 1.807) is 30.3 Å².